The molecule has 1 aliphatic carbocycles. The number of likely N-dealkylation sites (N-methyl/N-ethyl adjacent to an activating group) is 1. The first-order valence-electron chi connectivity index (χ1n) is 7.01. The molecule has 0 unspecified atom stereocenters. The molecule has 116 valence electrons. The van der Waals surface area contributed by atoms with Crippen LogP contribution < -0.4 is 10.1 Å². The molecule has 0 atom stereocenters. The van der Waals surface area contributed by atoms with E-state index in [0.717, 1.165) is 12.8 Å². The van der Waals surface area contributed by atoms with E-state index in [9.17, 15) is 14.3 Å². The topological polar surface area (TPSA) is 61.8 Å². The van der Waals surface area contributed by atoms with Crippen LogP contribution in [-0.4, -0.2) is 42.3 Å². The van der Waals surface area contributed by atoms with Gasteiger partial charge in [-0.2, -0.15) is 0 Å². The number of benzene rings is 1. The third-order valence-electron chi connectivity index (χ3n) is 3.82. The number of hydrogen-bond donors (Lipinski definition) is 2. The highest BCUT2D eigenvalue weighted by atomic mass is 19.1. The van der Waals surface area contributed by atoms with Crippen LogP contribution in [0.2, 0.25) is 0 Å². The van der Waals surface area contributed by atoms with Gasteiger partial charge < -0.3 is 20.1 Å². The van der Waals surface area contributed by atoms with Crippen LogP contribution in [0.5, 0.6) is 5.75 Å². The third kappa shape index (κ3) is 3.85. The SMILES string of the molecule is COc1ccc(F)cc1NC(=O)N(C)CC1(O)CCCC1. The Labute approximate surface area is 123 Å². The molecule has 1 fully saturated rings. The van der Waals surface area contributed by atoms with Crippen molar-refractivity contribution in [3.8, 4) is 5.75 Å². The van der Waals surface area contributed by atoms with Crippen molar-refractivity contribution in [1.82, 2.24) is 4.90 Å². The Morgan fingerprint density at radius 1 is 1.48 bits per heavy atom. The molecule has 1 aliphatic rings. The van der Waals surface area contributed by atoms with Crippen LogP contribution in [-0.2, 0) is 0 Å². The van der Waals surface area contributed by atoms with E-state index in [1.54, 1.807) is 7.05 Å². The fourth-order valence-electron chi connectivity index (χ4n) is 2.69. The van der Waals surface area contributed by atoms with Gasteiger partial charge in [-0.25, -0.2) is 9.18 Å². The van der Waals surface area contributed by atoms with Crippen molar-refractivity contribution in [3.63, 3.8) is 0 Å². The highest BCUT2D eigenvalue weighted by Gasteiger charge is 2.33. The van der Waals surface area contributed by atoms with E-state index in [1.807, 2.05) is 0 Å². The van der Waals surface area contributed by atoms with Crippen molar-refractivity contribution < 1.29 is 19.0 Å². The Balaban J connectivity index is 2.02. The summed E-state index contributed by atoms with van der Waals surface area (Å²) in [7, 11) is 3.06. The van der Waals surface area contributed by atoms with Gasteiger partial charge in [0.25, 0.3) is 0 Å². The van der Waals surface area contributed by atoms with Crippen molar-refractivity contribution in [3.05, 3.63) is 24.0 Å². The van der Waals surface area contributed by atoms with E-state index in [2.05, 4.69) is 5.32 Å². The standard InChI is InChI=1S/C15H21FN2O3/c1-18(10-15(20)7-3-4-8-15)14(19)17-12-9-11(16)5-6-13(12)21-2/h5-6,9,20H,3-4,7-8,10H2,1-2H3,(H,17,19). The molecule has 1 aromatic rings. The van der Waals surface area contributed by atoms with E-state index in [0.29, 0.717) is 18.6 Å². The molecule has 0 saturated heterocycles. The molecule has 0 heterocycles. The number of rotatable bonds is 4. The summed E-state index contributed by atoms with van der Waals surface area (Å²) in [6.45, 7) is 0.260. The zero-order chi connectivity index (χ0) is 15.5. The Hall–Kier alpha value is -1.82. The number of methoxy groups -OCH3 is 1. The predicted octanol–water partition coefficient (Wildman–Crippen LogP) is 2.60. The number of aliphatic hydroxyl groups is 1. The number of nitrogens with zero attached hydrogens (tertiary/aromatic N) is 1. The summed E-state index contributed by atoms with van der Waals surface area (Å²) >= 11 is 0. The molecule has 2 rings (SSSR count). The van der Waals surface area contributed by atoms with E-state index in [-0.39, 0.29) is 12.2 Å². The minimum atomic E-state index is -0.807. The lowest BCUT2D eigenvalue weighted by Crippen LogP contribution is -2.43. The summed E-state index contributed by atoms with van der Waals surface area (Å²) in [5.74, 6) is -0.0686. The van der Waals surface area contributed by atoms with Gasteiger partial charge in [0, 0.05) is 13.1 Å². The second kappa shape index (κ2) is 6.30. The fourth-order valence-corrected chi connectivity index (χ4v) is 2.69. The molecule has 5 nitrogen and oxygen atoms in total. The van der Waals surface area contributed by atoms with Crippen LogP contribution in [0.3, 0.4) is 0 Å². The second-order valence-corrected chi connectivity index (χ2v) is 5.56. The minimum Gasteiger partial charge on any atom is -0.495 e. The molecule has 0 aliphatic heterocycles. The highest BCUT2D eigenvalue weighted by Crippen LogP contribution is 2.30. The van der Waals surface area contributed by atoms with E-state index in [1.165, 1.54) is 30.2 Å². The summed E-state index contributed by atoms with van der Waals surface area (Å²) in [6.07, 6.45) is 3.36. The molecule has 0 spiro atoms. The summed E-state index contributed by atoms with van der Waals surface area (Å²) in [6, 6.07) is 3.52. The monoisotopic (exact) mass is 296 g/mol. The number of halogens is 1. The number of urea groups is 1. The highest BCUT2D eigenvalue weighted by molar-refractivity contribution is 5.90. The Kier molecular flexibility index (Phi) is 4.67. The molecular formula is C15H21FN2O3. The van der Waals surface area contributed by atoms with Crippen molar-refractivity contribution in [2.75, 3.05) is 26.0 Å². The Morgan fingerprint density at radius 3 is 2.76 bits per heavy atom. The molecule has 1 saturated carbocycles. The van der Waals surface area contributed by atoms with Gasteiger partial charge in [0.05, 0.1) is 24.9 Å². The van der Waals surface area contributed by atoms with E-state index < -0.39 is 17.4 Å². The molecule has 6 heteroatoms. The van der Waals surface area contributed by atoms with Crippen LogP contribution in [0.4, 0.5) is 14.9 Å². The summed E-state index contributed by atoms with van der Waals surface area (Å²) < 4.78 is 18.3. The van der Waals surface area contributed by atoms with Gasteiger partial charge in [0.1, 0.15) is 11.6 Å². The van der Waals surface area contributed by atoms with Crippen molar-refractivity contribution in [2.24, 2.45) is 0 Å². The largest absolute Gasteiger partial charge is 0.495 e. The lowest BCUT2D eigenvalue weighted by molar-refractivity contribution is 0.0261. The van der Waals surface area contributed by atoms with Crippen molar-refractivity contribution in [1.29, 1.82) is 0 Å². The van der Waals surface area contributed by atoms with Gasteiger partial charge in [-0.05, 0) is 25.0 Å². The minimum absolute atomic E-state index is 0.260. The first-order valence-corrected chi connectivity index (χ1v) is 7.01. The summed E-state index contributed by atoms with van der Waals surface area (Å²) in [5.41, 5.74) is -0.536. The maximum atomic E-state index is 13.3. The molecule has 0 bridgehead atoms. The Bertz CT molecular complexity index is 516. The zero-order valence-corrected chi connectivity index (χ0v) is 12.4. The number of nitrogens with one attached hydrogen (secondary N) is 1. The summed E-state index contributed by atoms with van der Waals surface area (Å²) in [4.78, 5) is 13.6. The zero-order valence-electron chi connectivity index (χ0n) is 12.4. The lowest BCUT2D eigenvalue weighted by atomic mass is 10.0. The van der Waals surface area contributed by atoms with Gasteiger partial charge in [-0.1, -0.05) is 12.8 Å². The van der Waals surface area contributed by atoms with E-state index in [4.69, 9.17) is 4.74 Å². The average molecular weight is 296 g/mol. The maximum Gasteiger partial charge on any atom is 0.321 e. The smallest absolute Gasteiger partial charge is 0.321 e. The van der Waals surface area contributed by atoms with E-state index >= 15 is 0 Å². The molecule has 2 amide bonds. The van der Waals surface area contributed by atoms with Crippen LogP contribution in [0.25, 0.3) is 0 Å². The number of amides is 2. The molecular weight excluding hydrogens is 275 g/mol. The first-order chi connectivity index (χ1) is 9.93. The molecule has 0 radical (unpaired) electrons. The number of hydrogen-bond acceptors (Lipinski definition) is 3. The van der Waals surface area contributed by atoms with Crippen molar-refractivity contribution >= 4 is 11.7 Å². The first kappa shape index (κ1) is 15.6. The van der Waals surface area contributed by atoms with Gasteiger partial charge in [0.2, 0.25) is 0 Å². The quantitative estimate of drug-likeness (QED) is 0.898. The third-order valence-corrected chi connectivity index (χ3v) is 3.82. The number of carbonyl (C=O) groups is 1. The second-order valence-electron chi connectivity index (χ2n) is 5.56. The van der Waals surface area contributed by atoms with Crippen LogP contribution in [0.1, 0.15) is 25.7 Å². The normalized spacial score (nSPS) is 16.6. The van der Waals surface area contributed by atoms with Gasteiger partial charge in [0.15, 0.2) is 0 Å². The molecule has 21 heavy (non-hydrogen) atoms. The molecule has 0 aromatic heterocycles. The van der Waals surface area contributed by atoms with Crippen molar-refractivity contribution in [2.45, 2.75) is 31.3 Å². The molecule has 1 aromatic carbocycles. The fraction of sp³-hybridized carbons (Fsp3) is 0.533. The number of anilines is 1. The van der Waals surface area contributed by atoms with Crippen LogP contribution in [0.15, 0.2) is 18.2 Å². The summed E-state index contributed by atoms with van der Waals surface area (Å²) in [5, 5.41) is 12.9. The van der Waals surface area contributed by atoms with Crippen LogP contribution >= 0.6 is 0 Å². The average Bonchev–Trinajstić information content (AvgIpc) is 2.85. The maximum absolute atomic E-state index is 13.3. The van der Waals surface area contributed by atoms with Crippen LogP contribution in [0, 0.1) is 5.82 Å². The molecule has 2 N–H and O–H groups in total. The van der Waals surface area contributed by atoms with Gasteiger partial charge in [-0.15, -0.1) is 0 Å². The predicted molar refractivity (Wildman–Crippen MR) is 78.0 cm³/mol. The van der Waals surface area contributed by atoms with Gasteiger partial charge >= 0.3 is 6.03 Å². The lowest BCUT2D eigenvalue weighted by Gasteiger charge is -2.28. The number of ether oxygens (including phenoxy) is 1. The Morgan fingerprint density at radius 2 is 2.14 bits per heavy atom. The van der Waals surface area contributed by atoms with Gasteiger partial charge in [-0.3, -0.25) is 0 Å². The number of carbonyl (C=O) groups excluding carboxylic acids is 1.